The van der Waals surface area contributed by atoms with Gasteiger partial charge in [0.25, 0.3) is 0 Å². The van der Waals surface area contributed by atoms with Crippen molar-refractivity contribution >= 4 is 12.0 Å². The van der Waals surface area contributed by atoms with Gasteiger partial charge in [-0.3, -0.25) is 4.79 Å². The van der Waals surface area contributed by atoms with Gasteiger partial charge in [0, 0.05) is 12.6 Å². The molecule has 0 aromatic carbocycles. The number of carbonyl (C=O) groups excluding carboxylic acids is 1. The Morgan fingerprint density at radius 1 is 1.25 bits per heavy atom. The highest BCUT2D eigenvalue weighted by Crippen LogP contribution is 2.31. The van der Waals surface area contributed by atoms with Crippen molar-refractivity contribution in [2.75, 3.05) is 20.6 Å². The van der Waals surface area contributed by atoms with Crippen molar-refractivity contribution in [3.8, 4) is 0 Å². The molecule has 116 valence electrons. The molecule has 0 bridgehead atoms. The highest BCUT2D eigenvalue weighted by atomic mass is 16.4. The summed E-state index contributed by atoms with van der Waals surface area (Å²) in [5.41, 5.74) is -0.577. The zero-order valence-electron chi connectivity index (χ0n) is 12.7. The third-order valence-corrected chi connectivity index (χ3v) is 3.70. The molecule has 2 amide bonds. The average molecular weight is 285 g/mol. The first kappa shape index (κ1) is 16.8. The van der Waals surface area contributed by atoms with Crippen LogP contribution in [0.25, 0.3) is 0 Å². The lowest BCUT2D eigenvalue weighted by Crippen LogP contribution is -2.56. The predicted molar refractivity (Wildman–Crippen MR) is 77.8 cm³/mol. The monoisotopic (exact) mass is 285 g/mol. The van der Waals surface area contributed by atoms with Gasteiger partial charge >= 0.3 is 12.0 Å². The number of carboxylic acid groups (broad SMARTS) is 1. The Bertz CT molecular complexity index is 339. The van der Waals surface area contributed by atoms with E-state index in [1.165, 1.54) is 0 Å². The third kappa shape index (κ3) is 5.77. The Hall–Kier alpha value is -1.30. The van der Waals surface area contributed by atoms with Gasteiger partial charge in [-0.1, -0.05) is 19.3 Å². The molecule has 20 heavy (non-hydrogen) atoms. The molecule has 0 aromatic heterocycles. The van der Waals surface area contributed by atoms with Crippen LogP contribution in [0, 0.1) is 0 Å². The van der Waals surface area contributed by atoms with Gasteiger partial charge < -0.3 is 20.6 Å². The molecule has 1 rings (SSSR count). The van der Waals surface area contributed by atoms with Crippen molar-refractivity contribution in [1.82, 2.24) is 15.5 Å². The second-order valence-corrected chi connectivity index (χ2v) is 6.17. The second-order valence-electron chi connectivity index (χ2n) is 6.17. The van der Waals surface area contributed by atoms with Gasteiger partial charge in [0.2, 0.25) is 0 Å². The largest absolute Gasteiger partial charge is 0.481 e. The second kappa shape index (κ2) is 7.47. The van der Waals surface area contributed by atoms with Crippen molar-refractivity contribution in [3.05, 3.63) is 0 Å². The number of carbonyl (C=O) groups is 2. The number of hydrogen-bond donors (Lipinski definition) is 3. The standard InChI is InChI=1S/C14H27N3O3/c1-11(10-17(2)3)15-13(20)16-14(9-12(18)19)7-5-4-6-8-14/h11H,4-10H2,1-3H3,(H,18,19)(H2,15,16,20). The van der Waals surface area contributed by atoms with Crippen LogP contribution < -0.4 is 10.6 Å². The fourth-order valence-corrected chi connectivity index (χ4v) is 2.96. The topological polar surface area (TPSA) is 81.7 Å². The number of amides is 2. The molecule has 0 aromatic rings. The molecule has 0 spiro atoms. The number of hydrogen-bond acceptors (Lipinski definition) is 3. The quantitative estimate of drug-likeness (QED) is 0.689. The van der Waals surface area contributed by atoms with Gasteiger partial charge in [-0.2, -0.15) is 0 Å². The number of aliphatic carboxylic acids is 1. The molecule has 0 heterocycles. The van der Waals surface area contributed by atoms with E-state index in [0.717, 1.165) is 38.6 Å². The van der Waals surface area contributed by atoms with Crippen LogP contribution in [-0.2, 0) is 4.79 Å². The first-order chi connectivity index (χ1) is 9.33. The molecule has 1 aliphatic carbocycles. The number of nitrogens with zero attached hydrogens (tertiary/aromatic N) is 1. The summed E-state index contributed by atoms with van der Waals surface area (Å²) in [4.78, 5) is 25.1. The van der Waals surface area contributed by atoms with Crippen LogP contribution in [0.3, 0.4) is 0 Å². The minimum absolute atomic E-state index is 0.00246. The maximum absolute atomic E-state index is 12.1. The van der Waals surface area contributed by atoms with Crippen LogP contribution in [0.1, 0.15) is 45.4 Å². The van der Waals surface area contributed by atoms with E-state index < -0.39 is 11.5 Å². The molecule has 1 unspecified atom stereocenters. The molecule has 0 saturated heterocycles. The smallest absolute Gasteiger partial charge is 0.315 e. The lowest BCUT2D eigenvalue weighted by Gasteiger charge is -2.37. The molecule has 1 saturated carbocycles. The minimum atomic E-state index is -0.853. The fourth-order valence-electron chi connectivity index (χ4n) is 2.96. The van der Waals surface area contributed by atoms with E-state index in [1.54, 1.807) is 0 Å². The summed E-state index contributed by atoms with van der Waals surface area (Å²) in [6.45, 7) is 2.68. The van der Waals surface area contributed by atoms with Crippen molar-refractivity contribution in [3.63, 3.8) is 0 Å². The summed E-state index contributed by atoms with van der Waals surface area (Å²) in [6, 6.07) is -0.238. The maximum Gasteiger partial charge on any atom is 0.315 e. The van der Waals surface area contributed by atoms with Crippen molar-refractivity contribution in [2.45, 2.75) is 57.0 Å². The Morgan fingerprint density at radius 2 is 1.85 bits per heavy atom. The first-order valence-corrected chi connectivity index (χ1v) is 7.28. The van der Waals surface area contributed by atoms with Gasteiger partial charge in [0.1, 0.15) is 0 Å². The summed E-state index contributed by atoms with van der Waals surface area (Å²) in [6.07, 6.45) is 4.55. The number of rotatable bonds is 6. The van der Waals surface area contributed by atoms with Gasteiger partial charge in [-0.05, 0) is 33.9 Å². The molecular weight excluding hydrogens is 258 g/mol. The molecule has 0 radical (unpaired) electrons. The Morgan fingerprint density at radius 3 is 2.35 bits per heavy atom. The van der Waals surface area contributed by atoms with Crippen LogP contribution in [0.4, 0.5) is 4.79 Å². The van der Waals surface area contributed by atoms with E-state index in [1.807, 2.05) is 25.9 Å². The first-order valence-electron chi connectivity index (χ1n) is 7.28. The van der Waals surface area contributed by atoms with Crippen molar-refractivity contribution in [2.24, 2.45) is 0 Å². The number of likely N-dealkylation sites (N-methyl/N-ethyl adjacent to an activating group) is 1. The SMILES string of the molecule is CC(CN(C)C)NC(=O)NC1(CC(=O)O)CCCCC1. The van der Waals surface area contributed by atoms with Gasteiger partial charge in [-0.15, -0.1) is 0 Å². The predicted octanol–water partition coefficient (Wildman–Crippen LogP) is 1.41. The molecule has 0 aliphatic heterocycles. The number of nitrogens with one attached hydrogen (secondary N) is 2. The summed E-state index contributed by atoms with van der Waals surface area (Å²) >= 11 is 0. The number of urea groups is 1. The van der Waals surface area contributed by atoms with E-state index in [9.17, 15) is 9.59 Å². The number of carboxylic acids is 1. The molecule has 1 aliphatic rings. The van der Waals surface area contributed by atoms with E-state index >= 15 is 0 Å². The van der Waals surface area contributed by atoms with Crippen molar-refractivity contribution < 1.29 is 14.7 Å². The highest BCUT2D eigenvalue weighted by Gasteiger charge is 2.36. The van der Waals surface area contributed by atoms with E-state index in [0.29, 0.717) is 0 Å². The van der Waals surface area contributed by atoms with E-state index in [2.05, 4.69) is 10.6 Å². The normalized spacial score (nSPS) is 19.4. The van der Waals surface area contributed by atoms with Crippen LogP contribution in [0.5, 0.6) is 0 Å². The summed E-state index contributed by atoms with van der Waals surface area (Å²) in [5.74, 6) is -0.853. The molecule has 3 N–H and O–H groups in total. The maximum atomic E-state index is 12.1. The minimum Gasteiger partial charge on any atom is -0.481 e. The Kier molecular flexibility index (Phi) is 6.26. The van der Waals surface area contributed by atoms with E-state index in [-0.39, 0.29) is 18.5 Å². The van der Waals surface area contributed by atoms with Crippen molar-refractivity contribution in [1.29, 1.82) is 0 Å². The van der Waals surface area contributed by atoms with Crippen LogP contribution in [0.2, 0.25) is 0 Å². The summed E-state index contributed by atoms with van der Waals surface area (Å²) in [5, 5.41) is 14.9. The zero-order valence-corrected chi connectivity index (χ0v) is 12.7. The Labute approximate surface area is 120 Å². The molecular formula is C14H27N3O3. The molecule has 1 fully saturated rings. The van der Waals surface area contributed by atoms with Crippen LogP contribution in [0.15, 0.2) is 0 Å². The van der Waals surface area contributed by atoms with Crippen LogP contribution >= 0.6 is 0 Å². The fraction of sp³-hybridized carbons (Fsp3) is 0.857. The molecule has 6 nitrogen and oxygen atoms in total. The van der Waals surface area contributed by atoms with Gasteiger partial charge in [-0.25, -0.2) is 4.79 Å². The van der Waals surface area contributed by atoms with Gasteiger partial charge in [0.15, 0.2) is 0 Å². The lowest BCUT2D eigenvalue weighted by atomic mass is 9.79. The average Bonchev–Trinajstić information content (AvgIpc) is 2.26. The molecule has 1 atom stereocenters. The summed E-state index contributed by atoms with van der Waals surface area (Å²) < 4.78 is 0. The highest BCUT2D eigenvalue weighted by molar-refractivity contribution is 5.77. The zero-order chi connectivity index (χ0) is 15.2. The lowest BCUT2D eigenvalue weighted by molar-refractivity contribution is -0.139. The van der Waals surface area contributed by atoms with Gasteiger partial charge in [0.05, 0.1) is 12.0 Å². The Balaban J connectivity index is 2.56. The summed E-state index contributed by atoms with van der Waals surface area (Å²) in [7, 11) is 3.90. The van der Waals surface area contributed by atoms with Crippen LogP contribution in [-0.4, -0.2) is 54.2 Å². The van der Waals surface area contributed by atoms with E-state index in [4.69, 9.17) is 5.11 Å². The molecule has 6 heteroatoms. The third-order valence-electron chi connectivity index (χ3n) is 3.70.